The number of primary amides is 1. The summed E-state index contributed by atoms with van der Waals surface area (Å²) >= 11 is 1.56. The van der Waals surface area contributed by atoms with Gasteiger partial charge in [0.1, 0.15) is 5.69 Å². The van der Waals surface area contributed by atoms with Crippen molar-refractivity contribution in [2.45, 2.75) is 19.4 Å². The second-order valence-electron chi connectivity index (χ2n) is 7.04. The van der Waals surface area contributed by atoms with Crippen LogP contribution in [0.4, 0.5) is 0 Å². The van der Waals surface area contributed by atoms with Crippen molar-refractivity contribution in [3.05, 3.63) is 65.2 Å². The van der Waals surface area contributed by atoms with Gasteiger partial charge in [-0.05, 0) is 29.9 Å². The molecule has 2 amide bonds. The predicted octanol–water partition coefficient (Wildman–Crippen LogP) is 3.00. The molecule has 0 bridgehead atoms. The van der Waals surface area contributed by atoms with E-state index in [-0.39, 0.29) is 17.7 Å². The zero-order valence-electron chi connectivity index (χ0n) is 15.5. The molecule has 0 saturated carbocycles. The van der Waals surface area contributed by atoms with E-state index in [1.165, 1.54) is 0 Å². The van der Waals surface area contributed by atoms with E-state index in [0.29, 0.717) is 30.9 Å². The molecule has 4 rings (SSSR count). The summed E-state index contributed by atoms with van der Waals surface area (Å²) in [5.41, 5.74) is 7.86. The number of likely N-dealkylation sites (tertiary alicyclic amines) is 1. The SMILES string of the molecule is NC(=O)C1CCCN(C(=O)c2cn(Cc3ccccc3)nc2-c2cccs2)C1. The first kappa shape index (κ1) is 18.4. The summed E-state index contributed by atoms with van der Waals surface area (Å²) in [4.78, 5) is 27.6. The molecule has 1 aromatic carbocycles. The molecule has 144 valence electrons. The van der Waals surface area contributed by atoms with Crippen molar-refractivity contribution >= 4 is 23.2 Å². The Hall–Kier alpha value is -2.93. The van der Waals surface area contributed by atoms with Crippen LogP contribution in [0.3, 0.4) is 0 Å². The molecule has 1 atom stereocenters. The van der Waals surface area contributed by atoms with E-state index in [0.717, 1.165) is 23.3 Å². The number of hydrogen-bond donors (Lipinski definition) is 1. The number of carbonyl (C=O) groups is 2. The van der Waals surface area contributed by atoms with Crippen LogP contribution in [0.2, 0.25) is 0 Å². The highest BCUT2D eigenvalue weighted by Crippen LogP contribution is 2.29. The number of benzene rings is 1. The summed E-state index contributed by atoms with van der Waals surface area (Å²) < 4.78 is 1.81. The number of piperidine rings is 1. The van der Waals surface area contributed by atoms with Crippen LogP contribution in [-0.4, -0.2) is 39.6 Å². The van der Waals surface area contributed by atoms with Crippen molar-refractivity contribution in [3.63, 3.8) is 0 Å². The van der Waals surface area contributed by atoms with Gasteiger partial charge in [0, 0.05) is 19.3 Å². The average Bonchev–Trinajstić information content (AvgIpc) is 3.38. The highest BCUT2D eigenvalue weighted by atomic mass is 32.1. The Balaban J connectivity index is 1.65. The highest BCUT2D eigenvalue weighted by Gasteiger charge is 2.30. The molecule has 0 spiro atoms. The molecule has 0 aliphatic carbocycles. The maximum atomic E-state index is 13.3. The largest absolute Gasteiger partial charge is 0.369 e. The zero-order valence-corrected chi connectivity index (χ0v) is 16.3. The molecular weight excluding hydrogens is 372 g/mol. The summed E-state index contributed by atoms with van der Waals surface area (Å²) in [6, 6.07) is 14.0. The minimum atomic E-state index is -0.337. The Labute approximate surface area is 167 Å². The molecular formula is C21H22N4O2S. The quantitative estimate of drug-likeness (QED) is 0.722. The van der Waals surface area contributed by atoms with Crippen molar-refractivity contribution < 1.29 is 9.59 Å². The molecule has 0 radical (unpaired) electrons. The van der Waals surface area contributed by atoms with Gasteiger partial charge in [-0.25, -0.2) is 0 Å². The van der Waals surface area contributed by atoms with Crippen molar-refractivity contribution in [1.29, 1.82) is 0 Å². The standard InChI is InChI=1S/C21H22N4O2S/c22-20(26)16-8-4-10-24(13-16)21(27)17-14-25(12-15-6-2-1-3-7-15)23-19(17)18-9-5-11-28-18/h1-3,5-7,9,11,14,16H,4,8,10,12-13H2,(H2,22,26). The lowest BCUT2D eigenvalue weighted by molar-refractivity contribution is -0.123. The van der Waals surface area contributed by atoms with Gasteiger partial charge in [0.15, 0.2) is 0 Å². The molecule has 1 unspecified atom stereocenters. The normalized spacial score (nSPS) is 16.9. The number of amides is 2. The van der Waals surface area contributed by atoms with Crippen LogP contribution in [0.5, 0.6) is 0 Å². The average molecular weight is 395 g/mol. The fourth-order valence-electron chi connectivity index (χ4n) is 3.59. The van der Waals surface area contributed by atoms with Crippen LogP contribution in [0.15, 0.2) is 54.0 Å². The number of nitrogens with zero attached hydrogens (tertiary/aromatic N) is 3. The van der Waals surface area contributed by atoms with Crippen molar-refractivity contribution in [1.82, 2.24) is 14.7 Å². The van der Waals surface area contributed by atoms with E-state index in [9.17, 15) is 9.59 Å². The van der Waals surface area contributed by atoms with Crippen molar-refractivity contribution in [2.24, 2.45) is 11.7 Å². The smallest absolute Gasteiger partial charge is 0.257 e. The minimum Gasteiger partial charge on any atom is -0.369 e. The Morgan fingerprint density at radius 3 is 2.71 bits per heavy atom. The predicted molar refractivity (Wildman–Crippen MR) is 109 cm³/mol. The van der Waals surface area contributed by atoms with Gasteiger partial charge in [0.05, 0.1) is 22.9 Å². The molecule has 28 heavy (non-hydrogen) atoms. The summed E-state index contributed by atoms with van der Waals surface area (Å²) in [6.07, 6.45) is 3.34. The third-order valence-corrected chi connectivity index (χ3v) is 5.92. The second kappa shape index (κ2) is 7.98. The van der Waals surface area contributed by atoms with Gasteiger partial charge < -0.3 is 10.6 Å². The maximum absolute atomic E-state index is 13.3. The molecule has 1 saturated heterocycles. The van der Waals surface area contributed by atoms with E-state index in [1.54, 1.807) is 16.2 Å². The Morgan fingerprint density at radius 1 is 1.18 bits per heavy atom. The molecule has 1 aliphatic rings. The summed E-state index contributed by atoms with van der Waals surface area (Å²) in [5.74, 6) is -0.702. The first-order chi connectivity index (χ1) is 13.6. The van der Waals surface area contributed by atoms with Gasteiger partial charge >= 0.3 is 0 Å². The Morgan fingerprint density at radius 2 is 2.00 bits per heavy atom. The van der Waals surface area contributed by atoms with Crippen LogP contribution in [0, 0.1) is 5.92 Å². The van der Waals surface area contributed by atoms with E-state index >= 15 is 0 Å². The zero-order chi connectivity index (χ0) is 19.5. The van der Waals surface area contributed by atoms with Gasteiger partial charge in [0.25, 0.3) is 5.91 Å². The number of aromatic nitrogens is 2. The van der Waals surface area contributed by atoms with Crippen LogP contribution in [-0.2, 0) is 11.3 Å². The second-order valence-corrected chi connectivity index (χ2v) is 7.99. The Bertz CT molecular complexity index is 966. The van der Waals surface area contributed by atoms with Gasteiger partial charge in [-0.3, -0.25) is 14.3 Å². The Kier molecular flexibility index (Phi) is 5.25. The summed E-state index contributed by atoms with van der Waals surface area (Å²) in [5, 5.41) is 6.68. The van der Waals surface area contributed by atoms with E-state index in [1.807, 2.05) is 58.7 Å². The lowest BCUT2D eigenvalue weighted by atomic mass is 9.97. The molecule has 3 aromatic rings. The van der Waals surface area contributed by atoms with E-state index in [4.69, 9.17) is 10.8 Å². The van der Waals surface area contributed by atoms with Crippen LogP contribution in [0.1, 0.15) is 28.8 Å². The summed E-state index contributed by atoms with van der Waals surface area (Å²) in [6.45, 7) is 1.61. The monoisotopic (exact) mass is 394 g/mol. The van der Waals surface area contributed by atoms with Gasteiger partial charge in [-0.2, -0.15) is 5.10 Å². The number of nitrogens with two attached hydrogens (primary N) is 1. The number of thiophene rings is 1. The molecule has 2 aromatic heterocycles. The van der Waals surface area contributed by atoms with Gasteiger partial charge in [0.2, 0.25) is 5.91 Å². The third kappa shape index (κ3) is 3.84. The first-order valence-electron chi connectivity index (χ1n) is 9.35. The van der Waals surface area contributed by atoms with Crippen LogP contribution in [0.25, 0.3) is 10.6 Å². The lowest BCUT2D eigenvalue weighted by Gasteiger charge is -2.31. The van der Waals surface area contributed by atoms with Crippen LogP contribution < -0.4 is 5.73 Å². The highest BCUT2D eigenvalue weighted by molar-refractivity contribution is 7.13. The van der Waals surface area contributed by atoms with E-state index < -0.39 is 0 Å². The van der Waals surface area contributed by atoms with Gasteiger partial charge in [-0.1, -0.05) is 36.4 Å². The topological polar surface area (TPSA) is 81.2 Å². The fourth-order valence-corrected chi connectivity index (χ4v) is 4.31. The number of rotatable bonds is 5. The molecule has 7 heteroatoms. The molecule has 2 N–H and O–H groups in total. The molecule has 1 fully saturated rings. The van der Waals surface area contributed by atoms with Crippen molar-refractivity contribution in [3.8, 4) is 10.6 Å². The lowest BCUT2D eigenvalue weighted by Crippen LogP contribution is -2.44. The van der Waals surface area contributed by atoms with E-state index in [2.05, 4.69) is 0 Å². The van der Waals surface area contributed by atoms with Crippen molar-refractivity contribution in [2.75, 3.05) is 13.1 Å². The first-order valence-corrected chi connectivity index (χ1v) is 10.2. The number of carbonyl (C=O) groups excluding carboxylic acids is 2. The van der Waals surface area contributed by atoms with Crippen LogP contribution >= 0.6 is 11.3 Å². The van der Waals surface area contributed by atoms with Gasteiger partial charge in [-0.15, -0.1) is 11.3 Å². The molecule has 6 nitrogen and oxygen atoms in total. The summed E-state index contributed by atoms with van der Waals surface area (Å²) in [7, 11) is 0. The number of hydrogen-bond acceptors (Lipinski definition) is 4. The fraction of sp³-hybridized carbons (Fsp3) is 0.286. The third-order valence-electron chi connectivity index (χ3n) is 5.05. The maximum Gasteiger partial charge on any atom is 0.257 e. The minimum absolute atomic E-state index is 0.0892. The molecule has 1 aliphatic heterocycles. The molecule has 3 heterocycles.